The Bertz CT molecular complexity index is 972. The lowest BCUT2D eigenvalue weighted by Gasteiger charge is -2.19. The molecule has 0 aliphatic heterocycles. The number of fused-ring (bicyclic) bond motifs is 1. The third kappa shape index (κ3) is 4.79. The fourth-order valence-corrected chi connectivity index (χ4v) is 4.31. The minimum Gasteiger partial charge on any atom is -0.469 e. The first-order chi connectivity index (χ1) is 13.2. The standard InChI is InChI=1S/C19H24N2O6S/c1-21(2)16-9-5-8-14-13(16)7-6-10-17(14)28(24,25)20-15(19(23)27-4)11-12-18(22)26-3/h5-10,15,20H,11-12H2,1-4H3/t15-/m0/s1. The zero-order valence-electron chi connectivity index (χ0n) is 16.3. The Balaban J connectivity index is 2.43. The van der Waals surface area contributed by atoms with Crippen LogP contribution in [0.4, 0.5) is 5.69 Å². The van der Waals surface area contributed by atoms with E-state index < -0.39 is 28.0 Å². The van der Waals surface area contributed by atoms with Crippen molar-refractivity contribution in [2.45, 2.75) is 23.8 Å². The smallest absolute Gasteiger partial charge is 0.323 e. The first-order valence-electron chi connectivity index (χ1n) is 8.57. The van der Waals surface area contributed by atoms with E-state index in [0.717, 1.165) is 18.2 Å². The number of hydrogen-bond acceptors (Lipinski definition) is 7. The topological polar surface area (TPSA) is 102 Å². The van der Waals surface area contributed by atoms with Gasteiger partial charge in [0, 0.05) is 37.0 Å². The number of methoxy groups -OCH3 is 2. The summed E-state index contributed by atoms with van der Waals surface area (Å²) in [5.74, 6) is -1.32. The Kier molecular flexibility index (Phi) is 6.98. The van der Waals surface area contributed by atoms with Crippen molar-refractivity contribution in [1.29, 1.82) is 0 Å². The number of anilines is 1. The number of carbonyl (C=O) groups excluding carboxylic acids is 2. The number of benzene rings is 2. The van der Waals surface area contributed by atoms with Gasteiger partial charge >= 0.3 is 11.9 Å². The molecule has 1 N–H and O–H groups in total. The van der Waals surface area contributed by atoms with Crippen LogP contribution in [-0.2, 0) is 29.1 Å². The highest BCUT2D eigenvalue weighted by atomic mass is 32.2. The number of hydrogen-bond donors (Lipinski definition) is 1. The molecule has 1 atom stereocenters. The molecule has 2 aromatic rings. The van der Waals surface area contributed by atoms with Crippen LogP contribution in [0.1, 0.15) is 12.8 Å². The molecule has 0 heterocycles. The van der Waals surface area contributed by atoms with Crippen LogP contribution in [0, 0.1) is 0 Å². The van der Waals surface area contributed by atoms with E-state index >= 15 is 0 Å². The Hall–Kier alpha value is -2.65. The molecule has 2 aromatic carbocycles. The Morgan fingerprint density at radius 2 is 1.68 bits per heavy atom. The predicted molar refractivity (Wildman–Crippen MR) is 106 cm³/mol. The first-order valence-corrected chi connectivity index (χ1v) is 10.1. The van der Waals surface area contributed by atoms with E-state index in [1.54, 1.807) is 18.2 Å². The molecule has 0 aliphatic rings. The molecule has 152 valence electrons. The van der Waals surface area contributed by atoms with Gasteiger partial charge in [-0.25, -0.2) is 8.42 Å². The zero-order chi connectivity index (χ0) is 20.9. The lowest BCUT2D eigenvalue weighted by molar-refractivity contribution is -0.144. The van der Waals surface area contributed by atoms with E-state index in [-0.39, 0.29) is 17.7 Å². The van der Waals surface area contributed by atoms with Gasteiger partial charge in [-0.15, -0.1) is 0 Å². The van der Waals surface area contributed by atoms with Gasteiger partial charge in [-0.05, 0) is 18.6 Å². The fourth-order valence-electron chi connectivity index (χ4n) is 2.87. The molecule has 2 rings (SSSR count). The molecule has 0 aliphatic carbocycles. The van der Waals surface area contributed by atoms with E-state index in [2.05, 4.69) is 14.2 Å². The summed E-state index contributed by atoms with van der Waals surface area (Å²) < 4.78 is 37.6. The van der Waals surface area contributed by atoms with Crippen molar-refractivity contribution in [3.8, 4) is 0 Å². The molecule has 0 radical (unpaired) electrons. The highest BCUT2D eigenvalue weighted by molar-refractivity contribution is 7.89. The van der Waals surface area contributed by atoms with Crippen LogP contribution in [0.25, 0.3) is 10.8 Å². The van der Waals surface area contributed by atoms with Crippen molar-refractivity contribution in [2.24, 2.45) is 0 Å². The van der Waals surface area contributed by atoms with E-state index in [4.69, 9.17) is 0 Å². The van der Waals surface area contributed by atoms with Gasteiger partial charge < -0.3 is 14.4 Å². The molecular weight excluding hydrogens is 384 g/mol. The lowest BCUT2D eigenvalue weighted by atomic mass is 10.1. The van der Waals surface area contributed by atoms with E-state index in [9.17, 15) is 18.0 Å². The van der Waals surface area contributed by atoms with Crippen molar-refractivity contribution >= 4 is 38.4 Å². The fraction of sp³-hybridized carbons (Fsp3) is 0.368. The summed E-state index contributed by atoms with van der Waals surface area (Å²) in [6, 6.07) is 9.11. The lowest BCUT2D eigenvalue weighted by Crippen LogP contribution is -2.41. The number of sulfonamides is 1. The first kappa shape index (κ1) is 21.6. The van der Waals surface area contributed by atoms with Gasteiger partial charge in [0.15, 0.2) is 0 Å². The van der Waals surface area contributed by atoms with E-state index in [0.29, 0.717) is 5.39 Å². The maximum absolute atomic E-state index is 13.0. The maximum Gasteiger partial charge on any atom is 0.323 e. The SMILES string of the molecule is COC(=O)CC[C@H](NS(=O)(=O)c1cccc2c(N(C)C)cccc12)C(=O)OC. The quantitative estimate of drug-likeness (QED) is 0.663. The van der Waals surface area contributed by atoms with Crippen molar-refractivity contribution in [3.63, 3.8) is 0 Å². The van der Waals surface area contributed by atoms with Crippen LogP contribution in [0.5, 0.6) is 0 Å². The van der Waals surface area contributed by atoms with Crippen molar-refractivity contribution < 1.29 is 27.5 Å². The van der Waals surface area contributed by atoms with E-state index in [1.165, 1.54) is 13.2 Å². The van der Waals surface area contributed by atoms with Gasteiger partial charge in [-0.3, -0.25) is 9.59 Å². The van der Waals surface area contributed by atoms with E-state index in [1.807, 2.05) is 31.1 Å². The normalized spacial score (nSPS) is 12.4. The molecule has 8 nitrogen and oxygen atoms in total. The predicted octanol–water partition coefficient (Wildman–Crippen LogP) is 1.68. The number of nitrogens with one attached hydrogen (secondary N) is 1. The van der Waals surface area contributed by atoms with Gasteiger partial charge in [0.05, 0.1) is 19.1 Å². The second-order valence-electron chi connectivity index (χ2n) is 6.33. The Labute approximate surface area is 164 Å². The molecule has 0 spiro atoms. The Morgan fingerprint density at radius 3 is 2.29 bits per heavy atom. The van der Waals surface area contributed by atoms with Crippen molar-refractivity contribution in [2.75, 3.05) is 33.2 Å². The second-order valence-corrected chi connectivity index (χ2v) is 8.02. The largest absolute Gasteiger partial charge is 0.469 e. The van der Waals surface area contributed by atoms with Crippen molar-refractivity contribution in [3.05, 3.63) is 36.4 Å². The molecule has 0 aromatic heterocycles. The molecule has 0 bridgehead atoms. The minimum atomic E-state index is -4.06. The highest BCUT2D eigenvalue weighted by Gasteiger charge is 2.28. The number of rotatable bonds is 8. The summed E-state index contributed by atoms with van der Waals surface area (Å²) in [5.41, 5.74) is 0.866. The molecular formula is C19H24N2O6S. The molecule has 0 saturated carbocycles. The summed E-state index contributed by atoms with van der Waals surface area (Å²) in [6.45, 7) is 0. The minimum absolute atomic E-state index is 0.0423. The number of esters is 2. The molecule has 0 fully saturated rings. The van der Waals surface area contributed by atoms with Gasteiger partial charge in [0.1, 0.15) is 6.04 Å². The molecule has 0 unspecified atom stereocenters. The molecule has 0 saturated heterocycles. The van der Waals surface area contributed by atoms with Gasteiger partial charge in [0.2, 0.25) is 10.0 Å². The summed E-state index contributed by atoms with van der Waals surface area (Å²) in [4.78, 5) is 25.3. The van der Waals surface area contributed by atoms with Crippen LogP contribution in [-0.4, -0.2) is 54.7 Å². The molecule has 0 amide bonds. The number of nitrogens with zero attached hydrogens (tertiary/aromatic N) is 1. The molecule has 9 heteroatoms. The average Bonchev–Trinajstić information content (AvgIpc) is 2.68. The Morgan fingerprint density at radius 1 is 1.04 bits per heavy atom. The van der Waals surface area contributed by atoms with Crippen LogP contribution in [0.3, 0.4) is 0 Å². The number of carbonyl (C=O) groups is 2. The summed E-state index contributed by atoms with van der Waals surface area (Å²) in [6.07, 6.45) is -0.203. The summed E-state index contributed by atoms with van der Waals surface area (Å²) >= 11 is 0. The number of ether oxygens (including phenoxy) is 2. The van der Waals surface area contributed by atoms with Gasteiger partial charge in [-0.2, -0.15) is 4.72 Å². The van der Waals surface area contributed by atoms with Crippen LogP contribution < -0.4 is 9.62 Å². The summed E-state index contributed by atoms with van der Waals surface area (Å²) in [7, 11) is 2.06. The van der Waals surface area contributed by atoms with Gasteiger partial charge in [0.25, 0.3) is 0 Å². The second kappa shape index (κ2) is 9.03. The zero-order valence-corrected chi connectivity index (χ0v) is 17.1. The maximum atomic E-state index is 13.0. The van der Waals surface area contributed by atoms with Crippen LogP contribution in [0.15, 0.2) is 41.3 Å². The monoisotopic (exact) mass is 408 g/mol. The highest BCUT2D eigenvalue weighted by Crippen LogP contribution is 2.30. The third-order valence-corrected chi connectivity index (χ3v) is 5.81. The van der Waals surface area contributed by atoms with Crippen LogP contribution in [0.2, 0.25) is 0 Å². The summed E-state index contributed by atoms with van der Waals surface area (Å²) in [5, 5.41) is 1.29. The average molecular weight is 408 g/mol. The molecule has 28 heavy (non-hydrogen) atoms. The third-order valence-electron chi connectivity index (χ3n) is 4.28. The van der Waals surface area contributed by atoms with Gasteiger partial charge in [-0.1, -0.05) is 24.3 Å². The van der Waals surface area contributed by atoms with Crippen molar-refractivity contribution in [1.82, 2.24) is 4.72 Å². The van der Waals surface area contributed by atoms with Crippen LogP contribution >= 0.6 is 0 Å².